The zero-order valence-electron chi connectivity index (χ0n) is 12.5. The topological polar surface area (TPSA) is 79.8 Å². The van der Waals surface area contributed by atoms with E-state index < -0.39 is 0 Å². The molecule has 3 aromatic heterocycles. The number of aryl methyl sites for hydroxylation is 1. The number of pyridine rings is 2. The molecule has 1 atom stereocenters. The van der Waals surface area contributed by atoms with Crippen LogP contribution < -0.4 is 4.90 Å². The highest BCUT2D eigenvalue weighted by Crippen LogP contribution is 2.29. The molecule has 0 radical (unpaired) electrons. The van der Waals surface area contributed by atoms with Crippen molar-refractivity contribution < 1.29 is 4.74 Å². The average molecular weight is 375 g/mol. The third-order valence-electron chi connectivity index (χ3n) is 3.83. The number of hydrogen-bond donors (Lipinski definition) is 1. The molecule has 1 aliphatic rings. The van der Waals surface area contributed by atoms with Crippen LogP contribution in [0.2, 0.25) is 0 Å². The fourth-order valence-electron chi connectivity index (χ4n) is 2.77. The summed E-state index contributed by atoms with van der Waals surface area (Å²) >= 11 is 3.44. The Bertz CT molecular complexity index is 851. The highest BCUT2D eigenvalue weighted by molar-refractivity contribution is 9.10. The van der Waals surface area contributed by atoms with E-state index in [0.717, 1.165) is 33.6 Å². The number of H-pyrrole nitrogens is 1. The van der Waals surface area contributed by atoms with Crippen LogP contribution in [0.25, 0.3) is 11.0 Å². The van der Waals surface area contributed by atoms with Crippen molar-refractivity contribution in [1.82, 2.24) is 25.1 Å². The maximum Gasteiger partial charge on any atom is 0.181 e. The number of nitrogens with zero attached hydrogens (tertiary/aromatic N) is 5. The monoisotopic (exact) mass is 374 g/mol. The Labute approximate surface area is 141 Å². The van der Waals surface area contributed by atoms with Crippen molar-refractivity contribution in [2.75, 3.05) is 24.6 Å². The van der Waals surface area contributed by atoms with E-state index in [-0.39, 0.29) is 6.10 Å². The number of hydrogen-bond acceptors (Lipinski definition) is 6. The van der Waals surface area contributed by atoms with Crippen LogP contribution in [-0.4, -0.2) is 44.8 Å². The molecule has 1 aliphatic heterocycles. The SMILES string of the molecule is Cc1nc(C2CN(c3ccnc4cc(Br)cnc34)CCO2)n[nH]1. The molecule has 0 spiro atoms. The van der Waals surface area contributed by atoms with Crippen LogP contribution in [0.3, 0.4) is 0 Å². The minimum Gasteiger partial charge on any atom is -0.366 e. The second-order valence-electron chi connectivity index (χ2n) is 5.44. The summed E-state index contributed by atoms with van der Waals surface area (Å²) in [6.45, 7) is 4.00. The van der Waals surface area contributed by atoms with E-state index in [9.17, 15) is 0 Å². The maximum atomic E-state index is 5.83. The Morgan fingerprint density at radius 3 is 3.13 bits per heavy atom. The van der Waals surface area contributed by atoms with E-state index in [0.29, 0.717) is 19.0 Å². The van der Waals surface area contributed by atoms with Crippen molar-refractivity contribution in [2.24, 2.45) is 0 Å². The van der Waals surface area contributed by atoms with Gasteiger partial charge in [-0.15, -0.1) is 0 Å². The number of fused-ring (bicyclic) bond motifs is 1. The van der Waals surface area contributed by atoms with Crippen molar-refractivity contribution >= 4 is 32.7 Å². The molecule has 118 valence electrons. The van der Waals surface area contributed by atoms with Gasteiger partial charge in [0.15, 0.2) is 5.82 Å². The first-order chi connectivity index (χ1) is 11.2. The summed E-state index contributed by atoms with van der Waals surface area (Å²) in [7, 11) is 0. The third-order valence-corrected chi connectivity index (χ3v) is 4.27. The van der Waals surface area contributed by atoms with Crippen LogP contribution >= 0.6 is 15.9 Å². The van der Waals surface area contributed by atoms with E-state index in [1.807, 2.05) is 25.3 Å². The molecule has 4 heterocycles. The zero-order valence-corrected chi connectivity index (χ0v) is 14.1. The van der Waals surface area contributed by atoms with Crippen LogP contribution in [0, 0.1) is 6.92 Å². The molecule has 0 aromatic carbocycles. The summed E-state index contributed by atoms with van der Waals surface area (Å²) in [5, 5.41) is 7.09. The summed E-state index contributed by atoms with van der Waals surface area (Å²) in [4.78, 5) is 15.6. The van der Waals surface area contributed by atoms with Gasteiger partial charge in [0.1, 0.15) is 17.4 Å². The molecule has 1 unspecified atom stereocenters. The molecule has 7 nitrogen and oxygen atoms in total. The molecule has 8 heteroatoms. The fraction of sp³-hybridized carbons (Fsp3) is 0.333. The average Bonchev–Trinajstić information content (AvgIpc) is 3.01. The third kappa shape index (κ3) is 2.79. The highest BCUT2D eigenvalue weighted by Gasteiger charge is 2.26. The van der Waals surface area contributed by atoms with Crippen molar-refractivity contribution in [3.05, 3.63) is 40.6 Å². The predicted octanol–water partition coefficient (Wildman–Crippen LogP) is 2.40. The number of nitrogens with one attached hydrogen (secondary N) is 1. The normalized spacial score (nSPS) is 18.5. The van der Waals surface area contributed by atoms with Gasteiger partial charge in [-0.2, -0.15) is 5.10 Å². The molecule has 0 amide bonds. The van der Waals surface area contributed by atoms with E-state index in [2.05, 4.69) is 46.0 Å². The Kier molecular flexibility index (Phi) is 3.70. The van der Waals surface area contributed by atoms with E-state index >= 15 is 0 Å². The maximum absolute atomic E-state index is 5.83. The molecule has 0 saturated carbocycles. The molecular formula is C15H15BrN6O. The molecule has 0 bridgehead atoms. The Morgan fingerprint density at radius 2 is 2.30 bits per heavy atom. The number of halogens is 1. The first kappa shape index (κ1) is 14.5. The fourth-order valence-corrected chi connectivity index (χ4v) is 3.09. The number of aromatic nitrogens is 5. The van der Waals surface area contributed by atoms with Gasteiger partial charge in [0.25, 0.3) is 0 Å². The number of anilines is 1. The number of ether oxygens (including phenoxy) is 1. The molecule has 0 aliphatic carbocycles. The summed E-state index contributed by atoms with van der Waals surface area (Å²) in [5.74, 6) is 1.49. The highest BCUT2D eigenvalue weighted by atomic mass is 79.9. The first-order valence-corrected chi connectivity index (χ1v) is 8.16. The van der Waals surface area contributed by atoms with Gasteiger partial charge in [-0.05, 0) is 35.0 Å². The van der Waals surface area contributed by atoms with Gasteiger partial charge < -0.3 is 9.64 Å². The Balaban J connectivity index is 1.67. The minimum absolute atomic E-state index is 0.146. The number of morpholine rings is 1. The summed E-state index contributed by atoms with van der Waals surface area (Å²) in [5.41, 5.74) is 2.82. The molecule has 1 N–H and O–H groups in total. The molecule has 1 fully saturated rings. The molecule has 4 rings (SSSR count). The van der Waals surface area contributed by atoms with Crippen molar-refractivity contribution in [3.63, 3.8) is 0 Å². The van der Waals surface area contributed by atoms with Crippen LogP contribution in [0.1, 0.15) is 17.8 Å². The Morgan fingerprint density at radius 1 is 1.39 bits per heavy atom. The summed E-state index contributed by atoms with van der Waals surface area (Å²) in [6, 6.07) is 3.97. The van der Waals surface area contributed by atoms with E-state index in [4.69, 9.17) is 4.74 Å². The lowest BCUT2D eigenvalue weighted by atomic mass is 10.2. The van der Waals surface area contributed by atoms with Crippen molar-refractivity contribution in [2.45, 2.75) is 13.0 Å². The largest absolute Gasteiger partial charge is 0.366 e. The van der Waals surface area contributed by atoms with Crippen molar-refractivity contribution in [3.8, 4) is 0 Å². The molecule has 1 saturated heterocycles. The smallest absolute Gasteiger partial charge is 0.181 e. The van der Waals surface area contributed by atoms with Gasteiger partial charge in [0.2, 0.25) is 0 Å². The van der Waals surface area contributed by atoms with Crippen molar-refractivity contribution in [1.29, 1.82) is 0 Å². The molecular weight excluding hydrogens is 360 g/mol. The van der Waals surface area contributed by atoms with Gasteiger partial charge in [0, 0.05) is 23.4 Å². The number of aromatic amines is 1. The number of rotatable bonds is 2. The van der Waals surface area contributed by atoms with Gasteiger partial charge in [-0.25, -0.2) is 4.98 Å². The van der Waals surface area contributed by atoms with Gasteiger partial charge in [-0.3, -0.25) is 15.1 Å². The lowest BCUT2D eigenvalue weighted by Crippen LogP contribution is -2.39. The van der Waals surface area contributed by atoms with Crippen LogP contribution in [-0.2, 0) is 4.74 Å². The van der Waals surface area contributed by atoms with Crippen LogP contribution in [0.4, 0.5) is 5.69 Å². The molecule has 23 heavy (non-hydrogen) atoms. The summed E-state index contributed by atoms with van der Waals surface area (Å²) in [6.07, 6.45) is 3.46. The summed E-state index contributed by atoms with van der Waals surface area (Å²) < 4.78 is 6.75. The van der Waals surface area contributed by atoms with Gasteiger partial charge in [0.05, 0.1) is 24.4 Å². The Hall–Kier alpha value is -2.06. The van der Waals surface area contributed by atoms with Gasteiger partial charge in [-0.1, -0.05) is 0 Å². The second kappa shape index (κ2) is 5.86. The zero-order chi connectivity index (χ0) is 15.8. The van der Waals surface area contributed by atoms with Gasteiger partial charge >= 0.3 is 0 Å². The second-order valence-corrected chi connectivity index (χ2v) is 6.35. The predicted molar refractivity (Wildman–Crippen MR) is 89.3 cm³/mol. The van der Waals surface area contributed by atoms with Crippen LogP contribution in [0.5, 0.6) is 0 Å². The molecule has 3 aromatic rings. The lowest BCUT2D eigenvalue weighted by Gasteiger charge is -2.33. The standard InChI is InChI=1S/C15H15BrN6O/c1-9-19-15(21-20-9)13-8-22(4-5-23-13)12-2-3-17-11-6-10(16)7-18-14(11)12/h2-3,6-7,13H,4-5,8H2,1H3,(H,19,20,21). The van der Waals surface area contributed by atoms with E-state index in [1.54, 1.807) is 6.20 Å². The van der Waals surface area contributed by atoms with Crippen LogP contribution in [0.15, 0.2) is 29.0 Å². The van der Waals surface area contributed by atoms with E-state index in [1.165, 1.54) is 0 Å². The lowest BCUT2D eigenvalue weighted by molar-refractivity contribution is 0.0343. The first-order valence-electron chi connectivity index (χ1n) is 7.36. The minimum atomic E-state index is -0.146. The quantitative estimate of drug-likeness (QED) is 0.741.